The molecule has 2 heterocycles. The van der Waals surface area contributed by atoms with Gasteiger partial charge in [0.2, 0.25) is 0 Å². The predicted octanol–water partition coefficient (Wildman–Crippen LogP) is 4.79. The minimum absolute atomic E-state index is 0.00630. The lowest BCUT2D eigenvalue weighted by Crippen LogP contribution is -2.61. The van der Waals surface area contributed by atoms with Gasteiger partial charge in [0, 0.05) is 44.4 Å². The molecule has 7 nitrogen and oxygen atoms in total. The second kappa shape index (κ2) is 11.1. The molecule has 0 bridgehead atoms. The zero-order valence-corrected chi connectivity index (χ0v) is 25.5. The first-order valence-corrected chi connectivity index (χ1v) is 16.6. The fourth-order valence-electron chi connectivity index (χ4n) is 11.1. The van der Waals surface area contributed by atoms with E-state index in [0.29, 0.717) is 29.7 Å². The second-order valence-electron chi connectivity index (χ2n) is 15.1. The quantitative estimate of drug-likeness (QED) is 0.497. The molecule has 6 aliphatic rings. The maximum absolute atomic E-state index is 12.4. The number of aliphatic hydroxyl groups excluding tert-OH is 1. The number of ether oxygens (including phenoxy) is 2. The first kappa shape index (κ1) is 28.9. The number of hydrogen-bond donors (Lipinski definition) is 1. The van der Waals surface area contributed by atoms with E-state index < -0.39 is 0 Å². The summed E-state index contributed by atoms with van der Waals surface area (Å²) in [5.74, 6) is 2.22. The molecule has 6 rings (SSSR count). The van der Waals surface area contributed by atoms with Gasteiger partial charge in [-0.25, -0.2) is 0 Å². The maximum Gasteiger partial charge on any atom is 0.302 e. The first-order valence-electron chi connectivity index (χ1n) is 16.6. The SMILES string of the molecule is CC(=O)O[C@H]1C[C@@H]2CC[C@@H]3[C@H](CC[C@@]4(C)[C@H]3C[C@H](N3CCCCC3)[C@@H]4OC(C)=O)[C@@]2(C)C[C@@H]1N1CCC(O)CC1. The summed E-state index contributed by atoms with van der Waals surface area (Å²) >= 11 is 0. The van der Waals surface area contributed by atoms with Gasteiger partial charge < -0.3 is 14.6 Å². The highest BCUT2D eigenvalue weighted by Crippen LogP contribution is 2.67. The van der Waals surface area contributed by atoms with Crippen molar-refractivity contribution in [2.75, 3.05) is 26.2 Å². The summed E-state index contributed by atoms with van der Waals surface area (Å²) in [7, 11) is 0. The molecule has 0 aromatic heterocycles. The Morgan fingerprint density at radius 2 is 1.43 bits per heavy atom. The minimum Gasteiger partial charge on any atom is -0.461 e. The van der Waals surface area contributed by atoms with Gasteiger partial charge in [-0.3, -0.25) is 19.4 Å². The summed E-state index contributed by atoms with van der Waals surface area (Å²) in [6.45, 7) is 12.3. The number of esters is 2. The maximum atomic E-state index is 12.4. The van der Waals surface area contributed by atoms with Gasteiger partial charge in [0.15, 0.2) is 0 Å². The highest BCUT2D eigenvalue weighted by molar-refractivity contribution is 5.66. The van der Waals surface area contributed by atoms with E-state index in [0.717, 1.165) is 58.3 Å². The van der Waals surface area contributed by atoms with Crippen LogP contribution in [-0.4, -0.2) is 83.4 Å². The fourth-order valence-corrected chi connectivity index (χ4v) is 11.1. The van der Waals surface area contributed by atoms with Crippen molar-refractivity contribution in [2.24, 2.45) is 34.5 Å². The zero-order chi connectivity index (χ0) is 28.2. The Morgan fingerprint density at radius 1 is 0.750 bits per heavy atom. The van der Waals surface area contributed by atoms with Gasteiger partial charge in [-0.2, -0.15) is 0 Å². The van der Waals surface area contributed by atoms with E-state index in [1.165, 1.54) is 44.9 Å². The molecule has 0 unspecified atom stereocenters. The Hall–Kier alpha value is -1.18. The summed E-state index contributed by atoms with van der Waals surface area (Å²) < 4.78 is 12.3. The molecule has 0 aromatic carbocycles. The molecule has 0 radical (unpaired) electrons. The van der Waals surface area contributed by atoms with Gasteiger partial charge in [-0.05, 0) is 113 Å². The van der Waals surface area contributed by atoms with E-state index in [-0.39, 0.29) is 47.1 Å². The minimum atomic E-state index is -0.203. The van der Waals surface area contributed by atoms with Crippen molar-refractivity contribution in [2.45, 2.75) is 135 Å². The molecule has 40 heavy (non-hydrogen) atoms. The molecule has 0 aromatic rings. The van der Waals surface area contributed by atoms with Crippen LogP contribution in [0.4, 0.5) is 0 Å². The number of rotatable bonds is 4. The highest BCUT2D eigenvalue weighted by atomic mass is 16.5. The smallest absolute Gasteiger partial charge is 0.302 e. The van der Waals surface area contributed by atoms with Gasteiger partial charge in [0.1, 0.15) is 12.2 Å². The zero-order valence-electron chi connectivity index (χ0n) is 25.5. The summed E-state index contributed by atoms with van der Waals surface area (Å²) in [5, 5.41) is 10.2. The molecule has 7 heteroatoms. The van der Waals surface area contributed by atoms with Gasteiger partial charge in [-0.15, -0.1) is 0 Å². The third kappa shape index (κ3) is 5.04. The molecular formula is C33H54N2O5. The number of fused-ring (bicyclic) bond motifs is 5. The van der Waals surface area contributed by atoms with E-state index in [1.54, 1.807) is 13.8 Å². The van der Waals surface area contributed by atoms with Crippen molar-refractivity contribution >= 4 is 11.9 Å². The molecule has 2 aliphatic heterocycles. The van der Waals surface area contributed by atoms with Crippen LogP contribution in [0.3, 0.4) is 0 Å². The monoisotopic (exact) mass is 558 g/mol. The van der Waals surface area contributed by atoms with Crippen LogP contribution in [0.1, 0.15) is 105 Å². The standard InChI is InChI=1S/C33H54N2O5/c1-21(36)39-30-18-23-8-9-25-26(33(23,4)20-29(30)35-16-11-24(38)12-17-35)10-13-32(3)27(25)19-28(31(32)40-22(2)37)34-14-6-5-7-15-34/h23-31,38H,5-20H2,1-4H3/t23-,25+,26-,27-,28-,29-,30-,31-,32-,33-/m0/s1. The average molecular weight is 559 g/mol. The Bertz CT molecular complexity index is 945. The molecule has 0 spiro atoms. The topological polar surface area (TPSA) is 79.3 Å². The molecule has 10 atom stereocenters. The lowest BCUT2D eigenvalue weighted by molar-refractivity contribution is -0.181. The molecular weight excluding hydrogens is 504 g/mol. The van der Waals surface area contributed by atoms with Crippen molar-refractivity contribution < 1.29 is 24.2 Å². The van der Waals surface area contributed by atoms with Crippen LogP contribution in [-0.2, 0) is 19.1 Å². The van der Waals surface area contributed by atoms with E-state index in [2.05, 4.69) is 23.6 Å². The Balaban J connectivity index is 1.27. The molecule has 2 saturated heterocycles. The van der Waals surface area contributed by atoms with Crippen molar-refractivity contribution in [1.29, 1.82) is 0 Å². The normalized spacial score (nSPS) is 46.6. The number of nitrogens with zero attached hydrogens (tertiary/aromatic N) is 2. The molecule has 4 saturated carbocycles. The third-order valence-corrected chi connectivity index (χ3v) is 13.0. The van der Waals surface area contributed by atoms with Crippen LogP contribution < -0.4 is 0 Å². The summed E-state index contributed by atoms with van der Waals surface area (Å²) in [6.07, 6.45) is 13.2. The van der Waals surface area contributed by atoms with Gasteiger partial charge in [0.05, 0.1) is 6.10 Å². The molecule has 226 valence electrons. The molecule has 1 N–H and O–H groups in total. The second-order valence-corrected chi connectivity index (χ2v) is 15.1. The number of likely N-dealkylation sites (tertiary alicyclic amines) is 2. The fraction of sp³-hybridized carbons (Fsp3) is 0.939. The summed E-state index contributed by atoms with van der Waals surface area (Å²) in [5.41, 5.74) is 0.275. The Morgan fingerprint density at radius 3 is 2.10 bits per heavy atom. The molecule has 0 amide bonds. The van der Waals surface area contributed by atoms with Gasteiger partial charge >= 0.3 is 11.9 Å². The molecule has 4 aliphatic carbocycles. The van der Waals surface area contributed by atoms with Crippen LogP contribution >= 0.6 is 0 Å². The number of carbonyl (C=O) groups excluding carboxylic acids is 2. The lowest BCUT2D eigenvalue weighted by atomic mass is 9.44. The number of hydrogen-bond acceptors (Lipinski definition) is 7. The van der Waals surface area contributed by atoms with E-state index in [4.69, 9.17) is 9.47 Å². The number of carbonyl (C=O) groups is 2. The summed E-state index contributed by atoms with van der Waals surface area (Å²) in [4.78, 5) is 29.8. The Labute approximate surface area is 241 Å². The van der Waals surface area contributed by atoms with Crippen molar-refractivity contribution in [3.8, 4) is 0 Å². The largest absolute Gasteiger partial charge is 0.461 e. The van der Waals surface area contributed by atoms with E-state index in [9.17, 15) is 14.7 Å². The van der Waals surface area contributed by atoms with Crippen LogP contribution in [0.5, 0.6) is 0 Å². The van der Waals surface area contributed by atoms with Crippen molar-refractivity contribution in [1.82, 2.24) is 9.80 Å². The van der Waals surface area contributed by atoms with Crippen molar-refractivity contribution in [3.05, 3.63) is 0 Å². The number of aliphatic hydroxyl groups is 1. The van der Waals surface area contributed by atoms with Crippen LogP contribution in [0, 0.1) is 34.5 Å². The number of piperidine rings is 2. The van der Waals surface area contributed by atoms with Gasteiger partial charge in [-0.1, -0.05) is 20.3 Å². The summed E-state index contributed by atoms with van der Waals surface area (Å²) in [6, 6.07) is 0.596. The highest BCUT2D eigenvalue weighted by Gasteiger charge is 2.65. The van der Waals surface area contributed by atoms with Gasteiger partial charge in [0.25, 0.3) is 0 Å². The molecule has 6 fully saturated rings. The third-order valence-electron chi connectivity index (χ3n) is 13.0. The average Bonchev–Trinajstić information content (AvgIpc) is 3.21. The first-order chi connectivity index (χ1) is 19.1. The van der Waals surface area contributed by atoms with Crippen LogP contribution in [0.15, 0.2) is 0 Å². The predicted molar refractivity (Wildman–Crippen MR) is 153 cm³/mol. The lowest BCUT2D eigenvalue weighted by Gasteiger charge is -2.62. The van der Waals surface area contributed by atoms with Crippen LogP contribution in [0.25, 0.3) is 0 Å². The Kier molecular flexibility index (Phi) is 8.06. The van der Waals surface area contributed by atoms with Crippen LogP contribution in [0.2, 0.25) is 0 Å². The van der Waals surface area contributed by atoms with E-state index >= 15 is 0 Å². The van der Waals surface area contributed by atoms with Crippen molar-refractivity contribution in [3.63, 3.8) is 0 Å². The van der Waals surface area contributed by atoms with E-state index in [1.807, 2.05) is 0 Å².